The molecule has 0 atom stereocenters. The number of ether oxygens (including phenoxy) is 1. The number of fused-ring (bicyclic) bond motifs is 2. The Balaban J connectivity index is 1.37. The molecule has 2 aromatic carbocycles. The fourth-order valence-electron chi connectivity index (χ4n) is 4.12. The van der Waals surface area contributed by atoms with Gasteiger partial charge in [-0.1, -0.05) is 6.92 Å². The number of anilines is 1. The van der Waals surface area contributed by atoms with Crippen molar-refractivity contribution in [2.24, 2.45) is 0 Å². The maximum atomic E-state index is 13.5. The molecule has 2 aromatic heterocycles. The molecular formula is C25H24FN5O2. The predicted octanol–water partition coefficient (Wildman–Crippen LogP) is 5.13. The summed E-state index contributed by atoms with van der Waals surface area (Å²) in [5.74, 6) is 0.923. The van der Waals surface area contributed by atoms with Gasteiger partial charge in [0.1, 0.15) is 17.9 Å². The number of nitrogens with zero attached hydrogens (tertiary/aromatic N) is 4. The van der Waals surface area contributed by atoms with E-state index in [-0.39, 0.29) is 11.8 Å². The first-order valence-corrected chi connectivity index (χ1v) is 10.9. The van der Waals surface area contributed by atoms with Gasteiger partial charge in [-0.05, 0) is 67.9 Å². The third-order valence-electron chi connectivity index (χ3n) is 6.00. The lowest BCUT2D eigenvalue weighted by Gasteiger charge is -2.27. The zero-order chi connectivity index (χ0) is 22.9. The quantitative estimate of drug-likeness (QED) is 0.472. The van der Waals surface area contributed by atoms with Crippen molar-refractivity contribution in [3.8, 4) is 11.6 Å². The Morgan fingerprint density at radius 1 is 1.18 bits per heavy atom. The summed E-state index contributed by atoms with van der Waals surface area (Å²) >= 11 is 0. The highest BCUT2D eigenvalue weighted by molar-refractivity contribution is 5.98. The molecule has 33 heavy (non-hydrogen) atoms. The first-order chi connectivity index (χ1) is 16.0. The minimum Gasteiger partial charge on any atom is -0.439 e. The second-order valence-electron chi connectivity index (χ2n) is 8.13. The average Bonchev–Trinajstić information content (AvgIpc) is 3.25. The minimum atomic E-state index is -0.324. The van der Waals surface area contributed by atoms with Gasteiger partial charge in [0.25, 0.3) is 0 Å². The Bertz CT molecular complexity index is 1350. The molecule has 1 amide bonds. The number of likely N-dealkylation sites (N-methyl/N-ethyl adjacent to an activating group) is 1. The van der Waals surface area contributed by atoms with Gasteiger partial charge < -0.3 is 10.1 Å². The Hall–Kier alpha value is -3.78. The van der Waals surface area contributed by atoms with Gasteiger partial charge in [-0.2, -0.15) is 0 Å². The van der Waals surface area contributed by atoms with Crippen molar-refractivity contribution < 1.29 is 13.9 Å². The molecule has 0 unspecified atom stereocenters. The Morgan fingerprint density at radius 3 is 2.88 bits per heavy atom. The molecule has 1 N–H and O–H groups in total. The summed E-state index contributed by atoms with van der Waals surface area (Å²) in [6, 6.07) is 11.6. The summed E-state index contributed by atoms with van der Waals surface area (Å²) in [5, 5.41) is 3.67. The third kappa shape index (κ3) is 4.17. The van der Waals surface area contributed by atoms with Crippen LogP contribution in [0.5, 0.6) is 11.6 Å². The van der Waals surface area contributed by atoms with Gasteiger partial charge in [0.15, 0.2) is 0 Å². The summed E-state index contributed by atoms with van der Waals surface area (Å²) < 4.78 is 21.1. The number of amides is 1. The number of hydrogen-bond donors (Lipinski definition) is 1. The average molecular weight is 445 g/mol. The fourth-order valence-corrected chi connectivity index (χ4v) is 4.12. The second-order valence-corrected chi connectivity index (χ2v) is 8.13. The topological polar surface area (TPSA) is 72.3 Å². The van der Waals surface area contributed by atoms with Crippen LogP contribution < -0.4 is 10.1 Å². The van der Waals surface area contributed by atoms with Gasteiger partial charge in [-0.25, -0.2) is 19.2 Å². The van der Waals surface area contributed by atoms with Gasteiger partial charge in [0, 0.05) is 35.9 Å². The summed E-state index contributed by atoms with van der Waals surface area (Å²) in [6.07, 6.45) is 4.09. The number of rotatable bonds is 4. The van der Waals surface area contributed by atoms with E-state index in [2.05, 4.69) is 27.1 Å². The van der Waals surface area contributed by atoms with Crippen LogP contribution in [0.3, 0.4) is 0 Å². The van der Waals surface area contributed by atoms with Crippen molar-refractivity contribution in [3.63, 3.8) is 0 Å². The van der Waals surface area contributed by atoms with Crippen LogP contribution in [0.1, 0.15) is 23.7 Å². The van der Waals surface area contributed by atoms with Gasteiger partial charge >= 0.3 is 6.03 Å². The fraction of sp³-hybridized carbons (Fsp3) is 0.240. The van der Waals surface area contributed by atoms with Crippen LogP contribution in [0.25, 0.3) is 10.9 Å². The van der Waals surface area contributed by atoms with E-state index in [4.69, 9.17) is 4.74 Å². The molecule has 7 nitrogen and oxygen atoms in total. The smallest absolute Gasteiger partial charge is 0.330 e. The second kappa shape index (κ2) is 8.63. The van der Waals surface area contributed by atoms with Crippen LogP contribution in [0.2, 0.25) is 0 Å². The SMILES string of the molecule is CCN1CCc2c(ncnc2Oc2ccc3c(ccn3C(=O)Nc3ccc(F)c(C)c3)c2)C1. The van der Waals surface area contributed by atoms with Crippen molar-refractivity contribution in [1.82, 2.24) is 19.4 Å². The van der Waals surface area contributed by atoms with E-state index in [0.29, 0.717) is 22.9 Å². The Labute approximate surface area is 190 Å². The molecule has 168 valence electrons. The Kier molecular flexibility index (Phi) is 5.51. The lowest BCUT2D eigenvalue weighted by molar-refractivity contribution is 0.254. The largest absolute Gasteiger partial charge is 0.439 e. The molecule has 3 heterocycles. The van der Waals surface area contributed by atoms with Crippen LogP contribution >= 0.6 is 0 Å². The van der Waals surface area contributed by atoms with E-state index in [1.165, 1.54) is 10.6 Å². The van der Waals surface area contributed by atoms with Gasteiger partial charge in [-0.15, -0.1) is 0 Å². The molecule has 0 aliphatic carbocycles. The minimum absolute atomic E-state index is 0.306. The molecular weight excluding hydrogens is 421 g/mol. The molecule has 0 saturated heterocycles. The first kappa shape index (κ1) is 21.1. The van der Waals surface area contributed by atoms with E-state index >= 15 is 0 Å². The lowest BCUT2D eigenvalue weighted by atomic mass is 10.1. The maximum Gasteiger partial charge on any atom is 0.330 e. The normalized spacial score (nSPS) is 13.7. The van der Waals surface area contributed by atoms with Crippen LogP contribution in [0, 0.1) is 12.7 Å². The molecule has 0 saturated carbocycles. The number of carbonyl (C=O) groups is 1. The van der Waals surface area contributed by atoms with Crippen LogP contribution in [-0.4, -0.2) is 38.6 Å². The molecule has 4 aromatic rings. The molecule has 0 bridgehead atoms. The molecule has 1 aliphatic heterocycles. The van der Waals surface area contributed by atoms with Crippen molar-refractivity contribution in [1.29, 1.82) is 0 Å². The summed E-state index contributed by atoms with van der Waals surface area (Å²) in [6.45, 7) is 6.55. The number of benzene rings is 2. The lowest BCUT2D eigenvalue weighted by Crippen LogP contribution is -2.31. The molecule has 0 radical (unpaired) electrons. The molecule has 0 fully saturated rings. The van der Waals surface area contributed by atoms with Crippen molar-refractivity contribution in [2.45, 2.75) is 26.8 Å². The number of aromatic nitrogens is 3. The van der Waals surface area contributed by atoms with E-state index in [1.807, 2.05) is 24.3 Å². The highest BCUT2D eigenvalue weighted by atomic mass is 19.1. The maximum absolute atomic E-state index is 13.5. The summed E-state index contributed by atoms with van der Waals surface area (Å²) in [5.41, 5.74) is 3.81. The molecule has 5 rings (SSSR count). The number of carbonyl (C=O) groups excluding carboxylic acids is 1. The van der Waals surface area contributed by atoms with Gasteiger partial charge in [0.05, 0.1) is 11.2 Å². The standard InChI is InChI=1S/C25H24FN5O2/c1-3-30-10-9-20-22(14-30)27-15-28-24(20)33-19-5-7-23-17(13-19)8-11-31(23)25(32)29-18-4-6-21(26)16(2)12-18/h4-8,11-13,15H,3,9-10,14H2,1-2H3,(H,29,32). The number of hydrogen-bond acceptors (Lipinski definition) is 5. The number of nitrogens with one attached hydrogen (secondary N) is 1. The van der Waals surface area contributed by atoms with Crippen molar-refractivity contribution >= 4 is 22.6 Å². The van der Waals surface area contributed by atoms with Gasteiger partial charge in [-0.3, -0.25) is 9.47 Å². The number of halogens is 1. The predicted molar refractivity (Wildman–Crippen MR) is 124 cm³/mol. The van der Waals surface area contributed by atoms with E-state index in [9.17, 15) is 9.18 Å². The zero-order valence-corrected chi connectivity index (χ0v) is 18.5. The Morgan fingerprint density at radius 2 is 2.06 bits per heavy atom. The first-order valence-electron chi connectivity index (χ1n) is 10.9. The van der Waals surface area contributed by atoms with E-state index in [1.54, 1.807) is 31.6 Å². The zero-order valence-electron chi connectivity index (χ0n) is 18.5. The molecule has 0 spiro atoms. The van der Waals surface area contributed by atoms with Crippen molar-refractivity contribution in [3.05, 3.63) is 77.6 Å². The molecule has 8 heteroatoms. The van der Waals surface area contributed by atoms with Crippen LogP contribution in [0.15, 0.2) is 55.0 Å². The van der Waals surface area contributed by atoms with Crippen molar-refractivity contribution in [2.75, 3.05) is 18.4 Å². The summed E-state index contributed by atoms with van der Waals surface area (Å²) in [4.78, 5) is 23.9. The highest BCUT2D eigenvalue weighted by Gasteiger charge is 2.21. The monoisotopic (exact) mass is 445 g/mol. The third-order valence-corrected chi connectivity index (χ3v) is 6.00. The van der Waals surface area contributed by atoms with E-state index in [0.717, 1.165) is 48.2 Å². The van der Waals surface area contributed by atoms with E-state index < -0.39 is 0 Å². The summed E-state index contributed by atoms with van der Waals surface area (Å²) in [7, 11) is 0. The molecule has 1 aliphatic rings. The highest BCUT2D eigenvalue weighted by Crippen LogP contribution is 2.30. The van der Waals surface area contributed by atoms with Gasteiger partial charge in [0.2, 0.25) is 5.88 Å². The number of aryl methyl sites for hydroxylation is 1. The van der Waals surface area contributed by atoms with Crippen LogP contribution in [0.4, 0.5) is 14.9 Å². The van der Waals surface area contributed by atoms with Crippen LogP contribution in [-0.2, 0) is 13.0 Å².